The Bertz CT molecular complexity index is 487. The van der Waals surface area contributed by atoms with Crippen molar-refractivity contribution in [2.75, 3.05) is 0 Å². The molecule has 0 amide bonds. The fourth-order valence-electron chi connectivity index (χ4n) is 1.23. The molecule has 0 aliphatic heterocycles. The van der Waals surface area contributed by atoms with Crippen LogP contribution in [-0.4, -0.2) is 9.97 Å². The maximum atomic E-state index is 13.2. The van der Waals surface area contributed by atoms with E-state index < -0.39 is 5.82 Å². The van der Waals surface area contributed by atoms with E-state index in [1.165, 1.54) is 13.2 Å². The Kier molecular flexibility index (Phi) is 2.44. The van der Waals surface area contributed by atoms with Crippen LogP contribution in [0.5, 0.6) is 0 Å². The molecule has 2 rings (SSSR count). The molecule has 15 heavy (non-hydrogen) atoms. The molecule has 0 radical (unpaired) electrons. The molecule has 2 heterocycles. The molecule has 0 unspecified atom stereocenters. The van der Waals surface area contributed by atoms with Gasteiger partial charge in [0.2, 0.25) is 0 Å². The summed E-state index contributed by atoms with van der Waals surface area (Å²) in [5, 5.41) is -0.187. The van der Waals surface area contributed by atoms with E-state index in [9.17, 15) is 4.39 Å². The Morgan fingerprint density at radius 3 is 2.60 bits per heavy atom. The van der Waals surface area contributed by atoms with Crippen molar-refractivity contribution < 1.29 is 8.81 Å². The summed E-state index contributed by atoms with van der Waals surface area (Å²) >= 11 is 5.62. The largest absolute Gasteiger partial charge is 0.461 e. The molecular formula is C10H8ClFN2O. The minimum absolute atomic E-state index is 0.187. The minimum Gasteiger partial charge on any atom is -0.461 e. The Balaban J connectivity index is 2.60. The first-order chi connectivity index (χ1) is 7.09. The lowest BCUT2D eigenvalue weighted by Crippen LogP contribution is -1.97. The van der Waals surface area contributed by atoms with Crippen LogP contribution < -0.4 is 0 Å². The van der Waals surface area contributed by atoms with Crippen LogP contribution in [0.15, 0.2) is 16.7 Å². The van der Waals surface area contributed by atoms with Crippen molar-refractivity contribution in [3.63, 3.8) is 0 Å². The van der Waals surface area contributed by atoms with Gasteiger partial charge in [0.25, 0.3) is 0 Å². The normalized spacial score (nSPS) is 10.7. The molecule has 5 heteroatoms. The van der Waals surface area contributed by atoms with Gasteiger partial charge in [-0.3, -0.25) is 0 Å². The average molecular weight is 227 g/mol. The standard InChI is InChI=1S/C10H8ClFN2O/c1-5-3-4-15-8(5)10-13-6(2)7(12)9(11)14-10/h3-4H,1-2H3. The van der Waals surface area contributed by atoms with Gasteiger partial charge in [-0.2, -0.15) is 0 Å². The molecule has 2 aromatic rings. The van der Waals surface area contributed by atoms with Gasteiger partial charge in [-0.05, 0) is 25.5 Å². The zero-order valence-corrected chi connectivity index (χ0v) is 8.97. The maximum Gasteiger partial charge on any atom is 0.197 e. The van der Waals surface area contributed by atoms with Crippen LogP contribution in [0.4, 0.5) is 4.39 Å². The molecule has 0 aliphatic carbocycles. The molecule has 0 atom stereocenters. The number of nitrogens with zero attached hydrogens (tertiary/aromatic N) is 2. The quantitative estimate of drug-likeness (QED) is 0.702. The van der Waals surface area contributed by atoms with Crippen LogP contribution >= 0.6 is 11.6 Å². The van der Waals surface area contributed by atoms with Crippen LogP contribution in [0.25, 0.3) is 11.6 Å². The Morgan fingerprint density at radius 1 is 1.33 bits per heavy atom. The zero-order valence-electron chi connectivity index (χ0n) is 8.21. The van der Waals surface area contributed by atoms with Crippen molar-refractivity contribution >= 4 is 11.6 Å². The van der Waals surface area contributed by atoms with Gasteiger partial charge in [0.1, 0.15) is 0 Å². The molecule has 0 saturated carbocycles. The summed E-state index contributed by atoms with van der Waals surface area (Å²) in [7, 11) is 0. The van der Waals surface area contributed by atoms with E-state index in [2.05, 4.69) is 9.97 Å². The average Bonchev–Trinajstić information content (AvgIpc) is 2.60. The first kappa shape index (κ1) is 10.1. The molecule has 0 bridgehead atoms. The van der Waals surface area contributed by atoms with Gasteiger partial charge in [-0.1, -0.05) is 11.6 Å². The van der Waals surface area contributed by atoms with Gasteiger partial charge in [-0.25, -0.2) is 14.4 Å². The van der Waals surface area contributed by atoms with Gasteiger partial charge in [-0.15, -0.1) is 0 Å². The zero-order chi connectivity index (χ0) is 11.0. The van der Waals surface area contributed by atoms with E-state index in [0.29, 0.717) is 11.6 Å². The second-order valence-corrected chi connectivity index (χ2v) is 3.53. The monoisotopic (exact) mass is 226 g/mol. The van der Waals surface area contributed by atoms with Gasteiger partial charge in [0.15, 0.2) is 22.6 Å². The van der Waals surface area contributed by atoms with Crippen molar-refractivity contribution in [3.8, 4) is 11.6 Å². The predicted molar refractivity (Wildman–Crippen MR) is 54.2 cm³/mol. The van der Waals surface area contributed by atoms with Crippen molar-refractivity contribution in [2.45, 2.75) is 13.8 Å². The van der Waals surface area contributed by atoms with Gasteiger partial charge in [0, 0.05) is 0 Å². The fraction of sp³-hybridized carbons (Fsp3) is 0.200. The molecule has 0 spiro atoms. The smallest absolute Gasteiger partial charge is 0.197 e. The first-order valence-corrected chi connectivity index (χ1v) is 4.71. The highest BCUT2D eigenvalue weighted by atomic mass is 35.5. The second kappa shape index (κ2) is 3.62. The lowest BCUT2D eigenvalue weighted by molar-refractivity contribution is 0.569. The van der Waals surface area contributed by atoms with E-state index >= 15 is 0 Å². The molecule has 0 saturated heterocycles. The van der Waals surface area contributed by atoms with E-state index in [-0.39, 0.29) is 10.8 Å². The number of aromatic nitrogens is 2. The van der Waals surface area contributed by atoms with Crippen LogP contribution in [-0.2, 0) is 0 Å². The fourth-order valence-corrected chi connectivity index (χ4v) is 1.44. The van der Waals surface area contributed by atoms with Gasteiger partial charge < -0.3 is 4.42 Å². The van der Waals surface area contributed by atoms with E-state index in [1.807, 2.05) is 6.92 Å². The third kappa shape index (κ3) is 1.72. The van der Waals surface area contributed by atoms with E-state index in [4.69, 9.17) is 16.0 Å². The highest BCUT2D eigenvalue weighted by molar-refractivity contribution is 6.29. The van der Waals surface area contributed by atoms with Crippen molar-refractivity contribution in [1.29, 1.82) is 0 Å². The number of aryl methyl sites for hydroxylation is 2. The molecule has 0 aliphatic rings. The number of rotatable bonds is 1. The summed E-state index contributed by atoms with van der Waals surface area (Å²) in [6.45, 7) is 3.39. The van der Waals surface area contributed by atoms with Crippen molar-refractivity contribution in [3.05, 3.63) is 34.6 Å². The predicted octanol–water partition coefficient (Wildman–Crippen LogP) is 3.15. The summed E-state index contributed by atoms with van der Waals surface area (Å²) in [5.41, 5.74) is 1.10. The lowest BCUT2D eigenvalue weighted by Gasteiger charge is -2.01. The summed E-state index contributed by atoms with van der Waals surface area (Å²) in [6, 6.07) is 1.78. The topological polar surface area (TPSA) is 38.9 Å². The summed E-state index contributed by atoms with van der Waals surface area (Å²) < 4.78 is 18.4. The summed E-state index contributed by atoms with van der Waals surface area (Å²) in [4.78, 5) is 7.79. The third-order valence-electron chi connectivity index (χ3n) is 2.04. The van der Waals surface area contributed by atoms with Crippen LogP contribution in [0, 0.1) is 19.7 Å². The van der Waals surface area contributed by atoms with Crippen LogP contribution in [0.1, 0.15) is 11.3 Å². The molecule has 0 N–H and O–H groups in total. The number of hydrogen-bond acceptors (Lipinski definition) is 3. The molecule has 2 aromatic heterocycles. The Labute approximate surface area is 90.9 Å². The number of hydrogen-bond donors (Lipinski definition) is 0. The van der Waals surface area contributed by atoms with E-state index in [0.717, 1.165) is 5.56 Å². The summed E-state index contributed by atoms with van der Waals surface area (Å²) in [6.07, 6.45) is 1.53. The first-order valence-electron chi connectivity index (χ1n) is 4.33. The molecular weight excluding hydrogens is 219 g/mol. The minimum atomic E-state index is -0.593. The van der Waals surface area contributed by atoms with Crippen LogP contribution in [0.3, 0.4) is 0 Å². The molecule has 0 fully saturated rings. The molecule has 3 nitrogen and oxygen atoms in total. The highest BCUT2D eigenvalue weighted by Gasteiger charge is 2.14. The SMILES string of the molecule is Cc1ccoc1-c1nc(C)c(F)c(Cl)n1. The highest BCUT2D eigenvalue weighted by Crippen LogP contribution is 2.24. The maximum absolute atomic E-state index is 13.2. The van der Waals surface area contributed by atoms with Crippen LogP contribution in [0.2, 0.25) is 5.15 Å². The van der Waals surface area contributed by atoms with Gasteiger partial charge in [0.05, 0.1) is 12.0 Å². The Hall–Kier alpha value is -1.42. The third-order valence-corrected chi connectivity index (χ3v) is 2.29. The molecule has 78 valence electrons. The number of halogens is 2. The lowest BCUT2D eigenvalue weighted by atomic mass is 10.2. The molecule has 0 aromatic carbocycles. The Morgan fingerprint density at radius 2 is 2.07 bits per heavy atom. The van der Waals surface area contributed by atoms with Crippen molar-refractivity contribution in [2.24, 2.45) is 0 Å². The second-order valence-electron chi connectivity index (χ2n) is 3.17. The summed E-state index contributed by atoms with van der Waals surface area (Å²) in [5.74, 6) is 0.228. The van der Waals surface area contributed by atoms with Crippen molar-refractivity contribution in [1.82, 2.24) is 9.97 Å². The number of furan rings is 1. The van der Waals surface area contributed by atoms with E-state index in [1.54, 1.807) is 6.07 Å². The van der Waals surface area contributed by atoms with Gasteiger partial charge >= 0.3 is 0 Å².